The van der Waals surface area contributed by atoms with Crippen LogP contribution in [0, 0.1) is 5.82 Å². The Bertz CT molecular complexity index is 4210. The maximum Gasteiger partial charge on any atom is 0.159 e. The quantitative estimate of drug-likeness (QED) is 0.142. The van der Waals surface area contributed by atoms with E-state index in [-0.39, 0.29) is 5.82 Å². The summed E-state index contributed by atoms with van der Waals surface area (Å²) >= 11 is 0. The predicted molar refractivity (Wildman–Crippen MR) is 292 cm³/mol. The van der Waals surface area contributed by atoms with E-state index in [9.17, 15) is 0 Å². The third-order valence-corrected chi connectivity index (χ3v) is 14.0. The Kier molecular flexibility index (Phi) is 9.36. The Labute approximate surface area is 409 Å². The first-order valence-corrected chi connectivity index (χ1v) is 23.9. The van der Waals surface area contributed by atoms with Gasteiger partial charge in [0.15, 0.2) is 5.58 Å². The van der Waals surface area contributed by atoms with Crippen molar-refractivity contribution >= 4 is 88.4 Å². The molecule has 0 spiro atoms. The number of benzene rings is 12. The van der Waals surface area contributed by atoms with Gasteiger partial charge in [0, 0.05) is 50.1 Å². The van der Waals surface area contributed by atoms with E-state index < -0.39 is 0 Å². The van der Waals surface area contributed by atoms with Crippen LogP contribution in [0.5, 0.6) is 11.5 Å². The first-order chi connectivity index (χ1) is 35.1. The summed E-state index contributed by atoms with van der Waals surface area (Å²) in [6.45, 7) is 0. The molecule has 334 valence electrons. The van der Waals surface area contributed by atoms with Gasteiger partial charge in [-0.05, 0) is 123 Å². The molecule has 0 aliphatic carbocycles. The number of rotatable bonds is 8. The largest absolute Gasteiger partial charge is 0.456 e. The molecule has 13 aromatic rings. The lowest BCUT2D eigenvalue weighted by Crippen LogP contribution is -2.14. The highest BCUT2D eigenvalue weighted by Gasteiger charge is 2.29. The number of ether oxygens (including phenoxy) is 1. The van der Waals surface area contributed by atoms with Crippen LogP contribution in [-0.2, 0) is 0 Å². The number of hydrogen-bond acceptors (Lipinski definition) is 4. The highest BCUT2D eigenvalue weighted by Crippen LogP contribution is 2.54. The molecule has 0 radical (unpaired) electrons. The molecule has 0 bridgehead atoms. The lowest BCUT2D eigenvalue weighted by Gasteiger charge is -2.31. The van der Waals surface area contributed by atoms with E-state index in [0.717, 1.165) is 128 Å². The van der Waals surface area contributed by atoms with Crippen LogP contribution in [0.4, 0.5) is 38.5 Å². The van der Waals surface area contributed by atoms with Crippen molar-refractivity contribution in [1.82, 2.24) is 0 Å². The number of para-hydroxylation sites is 4. The van der Waals surface area contributed by atoms with Crippen molar-refractivity contribution in [2.75, 3.05) is 9.80 Å². The zero-order chi connectivity index (χ0) is 47.0. The Morgan fingerprint density at radius 3 is 1.69 bits per heavy atom. The molecule has 1 aromatic heterocycles. The summed E-state index contributed by atoms with van der Waals surface area (Å²) in [4.78, 5) is 4.36. The van der Waals surface area contributed by atoms with Crippen molar-refractivity contribution in [3.05, 3.63) is 255 Å². The lowest BCUT2D eigenvalue weighted by atomic mass is 9.88. The van der Waals surface area contributed by atoms with E-state index in [2.05, 4.69) is 168 Å². The third kappa shape index (κ3) is 6.58. The Hall–Kier alpha value is -9.45. The highest BCUT2D eigenvalue weighted by atomic mass is 19.1. The summed E-state index contributed by atoms with van der Waals surface area (Å²) in [6, 6.07) is 85.1. The van der Waals surface area contributed by atoms with Crippen LogP contribution in [0.3, 0.4) is 0 Å². The van der Waals surface area contributed by atoms with Crippen LogP contribution < -0.4 is 14.5 Å². The molecule has 0 fully saturated rings. The number of fused-ring (bicyclic) bond motifs is 9. The fourth-order valence-corrected chi connectivity index (χ4v) is 10.9. The first kappa shape index (κ1) is 40.6. The summed E-state index contributed by atoms with van der Waals surface area (Å²) in [5.41, 5.74) is 12.3. The Morgan fingerprint density at radius 2 is 0.930 bits per heavy atom. The third-order valence-electron chi connectivity index (χ3n) is 14.0. The van der Waals surface area contributed by atoms with Crippen LogP contribution in [0.15, 0.2) is 253 Å². The van der Waals surface area contributed by atoms with Crippen LogP contribution in [0.25, 0.3) is 87.6 Å². The number of halogens is 1. The smallest absolute Gasteiger partial charge is 0.159 e. The zero-order valence-electron chi connectivity index (χ0n) is 38.3. The molecule has 0 saturated carbocycles. The van der Waals surface area contributed by atoms with Gasteiger partial charge in [-0.25, -0.2) is 4.39 Å². The summed E-state index contributed by atoms with van der Waals surface area (Å²) in [7, 11) is 0. The summed E-state index contributed by atoms with van der Waals surface area (Å²) in [5, 5.41) is 8.42. The number of hydrogen-bond donors (Lipinski definition) is 0. The maximum absolute atomic E-state index is 17.7. The van der Waals surface area contributed by atoms with E-state index in [1.807, 2.05) is 84.9 Å². The van der Waals surface area contributed by atoms with Crippen molar-refractivity contribution in [3.63, 3.8) is 0 Å². The minimum atomic E-state index is -0.320. The molecule has 1 aliphatic rings. The number of anilines is 6. The van der Waals surface area contributed by atoms with E-state index in [1.165, 1.54) is 0 Å². The highest BCUT2D eigenvalue weighted by molar-refractivity contribution is 6.26. The Morgan fingerprint density at radius 1 is 0.324 bits per heavy atom. The molecule has 12 aromatic carbocycles. The monoisotopic (exact) mass is 912 g/mol. The standard InChI is InChI=1S/C66H41FN2O2/c67-58-38-44(42-19-5-1-6-20-42)37-54(43-21-7-2-8-22-43)65(58)69(46-25-11-4-12-26-46)60-41-56-52-30-18-34-62-64(52)57(40-55(56)48-27-13-14-28-49(48)60)51-36-35-47(39-63(51)70-62)68(45-23-9-3-10-24-45)59-32-17-31-53-50-29-15-16-33-61(50)71-66(53)59/h1-41H. The van der Waals surface area contributed by atoms with Gasteiger partial charge in [-0.15, -0.1) is 0 Å². The fraction of sp³-hybridized carbons (Fsp3) is 0. The topological polar surface area (TPSA) is 28.9 Å². The van der Waals surface area contributed by atoms with E-state index in [1.54, 1.807) is 6.07 Å². The van der Waals surface area contributed by atoms with E-state index in [0.29, 0.717) is 5.69 Å². The van der Waals surface area contributed by atoms with E-state index in [4.69, 9.17) is 9.15 Å². The fourth-order valence-electron chi connectivity index (χ4n) is 10.9. The van der Waals surface area contributed by atoms with Gasteiger partial charge in [0.25, 0.3) is 0 Å². The summed E-state index contributed by atoms with van der Waals surface area (Å²) < 4.78 is 31.3. The molecule has 0 amide bonds. The van der Waals surface area contributed by atoms with Crippen molar-refractivity contribution < 1.29 is 13.5 Å². The predicted octanol–water partition coefficient (Wildman–Crippen LogP) is 19.2. The second-order valence-corrected chi connectivity index (χ2v) is 18.1. The van der Waals surface area contributed by atoms with E-state index >= 15 is 4.39 Å². The SMILES string of the molecule is Fc1cc(-c2ccccc2)cc(-c2ccccc2)c1N(c1ccccc1)c1cc2c3cccc4c3c(cc2c2ccccc12)-c1ccc(N(c2ccccc2)c2cccc3c2oc2ccccc23)cc1O4. The summed E-state index contributed by atoms with van der Waals surface area (Å²) in [6.07, 6.45) is 0. The molecule has 0 atom stereocenters. The summed E-state index contributed by atoms with van der Waals surface area (Å²) in [5.74, 6) is 1.22. The second-order valence-electron chi connectivity index (χ2n) is 18.1. The number of furan rings is 1. The minimum absolute atomic E-state index is 0.320. The van der Waals surface area contributed by atoms with Crippen molar-refractivity contribution in [2.24, 2.45) is 0 Å². The van der Waals surface area contributed by atoms with Crippen LogP contribution in [-0.4, -0.2) is 0 Å². The molecule has 0 saturated heterocycles. The molecule has 2 heterocycles. The molecule has 5 heteroatoms. The lowest BCUT2D eigenvalue weighted by molar-refractivity contribution is 0.487. The molecule has 14 rings (SSSR count). The second kappa shape index (κ2) is 16.4. The van der Waals surface area contributed by atoms with Crippen LogP contribution in [0.1, 0.15) is 0 Å². The average Bonchev–Trinajstić information content (AvgIpc) is 3.82. The molecular weight excluding hydrogens is 872 g/mol. The van der Waals surface area contributed by atoms with Gasteiger partial charge < -0.3 is 19.0 Å². The molecule has 0 unspecified atom stereocenters. The Balaban J connectivity index is 0.979. The van der Waals surface area contributed by atoms with Gasteiger partial charge in [-0.1, -0.05) is 164 Å². The van der Waals surface area contributed by atoms with Gasteiger partial charge in [0.2, 0.25) is 0 Å². The van der Waals surface area contributed by atoms with Crippen molar-refractivity contribution in [3.8, 4) is 44.9 Å². The molecule has 0 N–H and O–H groups in total. The number of nitrogens with zero attached hydrogens (tertiary/aromatic N) is 2. The first-order valence-electron chi connectivity index (χ1n) is 23.9. The van der Waals surface area contributed by atoms with Gasteiger partial charge in [-0.2, -0.15) is 0 Å². The van der Waals surface area contributed by atoms with Crippen LogP contribution in [0.2, 0.25) is 0 Å². The van der Waals surface area contributed by atoms with Gasteiger partial charge in [0.1, 0.15) is 22.9 Å². The molecule has 71 heavy (non-hydrogen) atoms. The van der Waals surface area contributed by atoms with Crippen molar-refractivity contribution in [1.29, 1.82) is 0 Å². The van der Waals surface area contributed by atoms with Crippen LogP contribution >= 0.6 is 0 Å². The van der Waals surface area contributed by atoms with Gasteiger partial charge in [-0.3, -0.25) is 0 Å². The molecule has 4 nitrogen and oxygen atoms in total. The van der Waals surface area contributed by atoms with Gasteiger partial charge >= 0.3 is 0 Å². The normalized spacial score (nSPS) is 11.8. The van der Waals surface area contributed by atoms with Gasteiger partial charge in [0.05, 0.1) is 22.7 Å². The van der Waals surface area contributed by atoms with Crippen molar-refractivity contribution in [2.45, 2.75) is 0 Å². The minimum Gasteiger partial charge on any atom is -0.456 e. The zero-order valence-corrected chi connectivity index (χ0v) is 38.3. The average molecular weight is 913 g/mol. The molecular formula is C66H41FN2O2. The maximum atomic E-state index is 17.7. The molecule has 1 aliphatic heterocycles.